The minimum atomic E-state index is -4.39. The number of carbonyl (C=O) groups excluding carboxylic acids is 1. The molecule has 1 unspecified atom stereocenters. The Morgan fingerprint density at radius 3 is 2.67 bits per heavy atom. The van der Waals surface area contributed by atoms with Gasteiger partial charge in [0.05, 0.1) is 11.3 Å². The molecule has 0 aliphatic carbocycles. The molecule has 5 rings (SSSR count). The SMILES string of the molecule is Cc1nc(-c2ccc(C(F)(F)F)cc2)sc1C(=O)N1CCCC(c2nnc3ccccn23)C1. The first-order valence-corrected chi connectivity index (χ1v) is 11.4. The van der Waals surface area contributed by atoms with Crippen LogP contribution >= 0.6 is 11.3 Å². The van der Waals surface area contributed by atoms with Crippen molar-refractivity contribution in [2.24, 2.45) is 0 Å². The number of nitrogens with zero attached hydrogens (tertiary/aromatic N) is 5. The molecule has 1 atom stereocenters. The number of aryl methyl sites for hydroxylation is 1. The average Bonchev–Trinajstić information content (AvgIpc) is 3.42. The monoisotopic (exact) mass is 471 g/mol. The van der Waals surface area contributed by atoms with E-state index in [2.05, 4.69) is 15.2 Å². The predicted molar refractivity (Wildman–Crippen MR) is 118 cm³/mol. The first-order valence-electron chi connectivity index (χ1n) is 10.6. The Labute approximate surface area is 191 Å². The van der Waals surface area contributed by atoms with Gasteiger partial charge in [-0.3, -0.25) is 9.20 Å². The van der Waals surface area contributed by atoms with E-state index in [1.807, 2.05) is 33.7 Å². The summed E-state index contributed by atoms with van der Waals surface area (Å²) in [6.45, 7) is 2.92. The van der Waals surface area contributed by atoms with Crippen LogP contribution < -0.4 is 0 Å². The number of carbonyl (C=O) groups is 1. The van der Waals surface area contributed by atoms with Gasteiger partial charge in [-0.2, -0.15) is 13.2 Å². The summed E-state index contributed by atoms with van der Waals surface area (Å²) in [5.74, 6) is 0.805. The van der Waals surface area contributed by atoms with Crippen molar-refractivity contribution in [2.75, 3.05) is 13.1 Å². The summed E-state index contributed by atoms with van der Waals surface area (Å²) in [6, 6.07) is 10.6. The van der Waals surface area contributed by atoms with Crippen molar-refractivity contribution >= 4 is 22.9 Å². The number of benzene rings is 1. The normalized spacial score (nSPS) is 17.0. The number of halogens is 3. The number of piperidine rings is 1. The molecule has 0 bridgehead atoms. The first kappa shape index (κ1) is 21.6. The number of aromatic nitrogens is 4. The second-order valence-electron chi connectivity index (χ2n) is 8.09. The van der Waals surface area contributed by atoms with Gasteiger partial charge in [0.25, 0.3) is 5.91 Å². The highest BCUT2D eigenvalue weighted by Crippen LogP contribution is 2.34. The van der Waals surface area contributed by atoms with Crippen molar-refractivity contribution in [3.8, 4) is 10.6 Å². The van der Waals surface area contributed by atoms with E-state index in [1.54, 1.807) is 6.92 Å². The molecule has 1 aliphatic heterocycles. The predicted octanol–water partition coefficient (Wildman–Crippen LogP) is 5.20. The lowest BCUT2D eigenvalue weighted by atomic mass is 9.97. The first-order chi connectivity index (χ1) is 15.8. The van der Waals surface area contributed by atoms with E-state index in [1.165, 1.54) is 23.5 Å². The molecule has 1 amide bonds. The van der Waals surface area contributed by atoms with E-state index in [9.17, 15) is 18.0 Å². The van der Waals surface area contributed by atoms with Crippen molar-refractivity contribution < 1.29 is 18.0 Å². The molecule has 0 spiro atoms. The highest BCUT2D eigenvalue weighted by molar-refractivity contribution is 7.17. The fourth-order valence-electron chi connectivity index (χ4n) is 4.17. The van der Waals surface area contributed by atoms with Gasteiger partial charge in [-0.25, -0.2) is 4.98 Å². The van der Waals surface area contributed by atoms with Crippen LogP contribution in [0.25, 0.3) is 16.2 Å². The zero-order valence-corrected chi connectivity index (χ0v) is 18.5. The topological polar surface area (TPSA) is 63.4 Å². The van der Waals surface area contributed by atoms with Crippen LogP contribution in [0.2, 0.25) is 0 Å². The molecule has 0 radical (unpaired) electrons. The van der Waals surface area contributed by atoms with Gasteiger partial charge in [-0.1, -0.05) is 18.2 Å². The van der Waals surface area contributed by atoms with Crippen LogP contribution in [0.1, 0.15) is 45.5 Å². The summed E-state index contributed by atoms with van der Waals surface area (Å²) in [6.07, 6.45) is -0.701. The zero-order chi connectivity index (χ0) is 23.2. The van der Waals surface area contributed by atoms with Crippen LogP contribution in [0, 0.1) is 6.92 Å². The maximum atomic E-state index is 13.3. The molecule has 1 aliphatic rings. The van der Waals surface area contributed by atoms with E-state index < -0.39 is 11.7 Å². The number of hydrogen-bond donors (Lipinski definition) is 0. The summed E-state index contributed by atoms with van der Waals surface area (Å²) in [7, 11) is 0. The van der Waals surface area contributed by atoms with Gasteiger partial charge >= 0.3 is 6.18 Å². The van der Waals surface area contributed by atoms with E-state index in [0.29, 0.717) is 34.2 Å². The summed E-state index contributed by atoms with van der Waals surface area (Å²) in [5.41, 5.74) is 1.20. The molecule has 3 aromatic heterocycles. The molecule has 4 heterocycles. The molecule has 1 saturated heterocycles. The van der Waals surface area contributed by atoms with Gasteiger partial charge in [-0.15, -0.1) is 21.5 Å². The van der Waals surface area contributed by atoms with Gasteiger partial charge in [-0.05, 0) is 44.0 Å². The highest BCUT2D eigenvalue weighted by Gasteiger charge is 2.31. The minimum Gasteiger partial charge on any atom is -0.337 e. The fourth-order valence-corrected chi connectivity index (χ4v) is 5.21. The van der Waals surface area contributed by atoms with E-state index in [-0.39, 0.29) is 11.8 Å². The third kappa shape index (κ3) is 4.10. The zero-order valence-electron chi connectivity index (χ0n) is 17.7. The molecule has 4 aromatic rings. The van der Waals surface area contributed by atoms with Gasteiger partial charge in [0.2, 0.25) is 0 Å². The fraction of sp³-hybridized carbons (Fsp3) is 0.304. The second kappa shape index (κ2) is 8.26. The number of hydrogen-bond acceptors (Lipinski definition) is 5. The molecule has 1 aromatic carbocycles. The molecule has 170 valence electrons. The number of fused-ring (bicyclic) bond motifs is 1. The van der Waals surface area contributed by atoms with Crippen molar-refractivity contribution in [1.82, 2.24) is 24.5 Å². The van der Waals surface area contributed by atoms with Crippen LogP contribution in [0.5, 0.6) is 0 Å². The summed E-state index contributed by atoms with van der Waals surface area (Å²) < 4.78 is 40.5. The van der Waals surface area contributed by atoms with Crippen LogP contribution in [-0.2, 0) is 6.18 Å². The van der Waals surface area contributed by atoms with Crippen molar-refractivity contribution in [3.05, 3.63) is 70.6 Å². The van der Waals surface area contributed by atoms with E-state index in [4.69, 9.17) is 0 Å². The Morgan fingerprint density at radius 1 is 1.12 bits per heavy atom. The summed E-state index contributed by atoms with van der Waals surface area (Å²) in [5, 5.41) is 9.11. The van der Waals surface area contributed by atoms with Gasteiger partial charge in [0, 0.05) is 30.8 Å². The van der Waals surface area contributed by atoms with Gasteiger partial charge in [0.15, 0.2) is 5.65 Å². The average molecular weight is 472 g/mol. The molecule has 0 saturated carbocycles. The smallest absolute Gasteiger partial charge is 0.337 e. The van der Waals surface area contributed by atoms with Crippen LogP contribution in [0.4, 0.5) is 13.2 Å². The summed E-state index contributed by atoms with van der Waals surface area (Å²) in [4.78, 5) is 20.1. The molecular weight excluding hydrogens is 451 g/mol. The lowest BCUT2D eigenvalue weighted by Crippen LogP contribution is -2.39. The van der Waals surface area contributed by atoms with Crippen molar-refractivity contribution in [1.29, 1.82) is 0 Å². The number of amides is 1. The Balaban J connectivity index is 1.37. The quantitative estimate of drug-likeness (QED) is 0.412. The third-order valence-electron chi connectivity index (χ3n) is 5.86. The van der Waals surface area contributed by atoms with E-state index >= 15 is 0 Å². The molecule has 10 heteroatoms. The number of pyridine rings is 1. The maximum absolute atomic E-state index is 13.3. The number of thiazole rings is 1. The number of likely N-dealkylation sites (tertiary alicyclic amines) is 1. The van der Waals surface area contributed by atoms with Crippen molar-refractivity contribution in [2.45, 2.75) is 31.9 Å². The van der Waals surface area contributed by atoms with Gasteiger partial charge in [0.1, 0.15) is 15.7 Å². The highest BCUT2D eigenvalue weighted by atomic mass is 32.1. The minimum absolute atomic E-state index is 0.0720. The summed E-state index contributed by atoms with van der Waals surface area (Å²) >= 11 is 1.21. The van der Waals surface area contributed by atoms with Crippen molar-refractivity contribution in [3.63, 3.8) is 0 Å². The third-order valence-corrected chi connectivity index (χ3v) is 7.06. The molecule has 33 heavy (non-hydrogen) atoms. The molecule has 6 nitrogen and oxygen atoms in total. The van der Waals surface area contributed by atoms with Crippen LogP contribution in [-0.4, -0.2) is 43.5 Å². The van der Waals surface area contributed by atoms with Crippen LogP contribution in [0.3, 0.4) is 0 Å². The molecule has 0 N–H and O–H groups in total. The number of alkyl halides is 3. The lowest BCUT2D eigenvalue weighted by Gasteiger charge is -2.31. The van der Waals surface area contributed by atoms with Gasteiger partial charge < -0.3 is 4.90 Å². The maximum Gasteiger partial charge on any atom is 0.416 e. The molecule has 1 fully saturated rings. The molecular formula is C23H20F3N5OS. The standard InChI is InChI=1S/C23H20F3N5OS/c1-14-19(33-21(27-14)15-7-9-17(10-8-15)23(24,25)26)22(32)30-11-4-5-16(13-30)20-29-28-18-6-2-3-12-31(18)20/h2-3,6-10,12,16H,4-5,11,13H2,1H3. The lowest BCUT2D eigenvalue weighted by molar-refractivity contribution is -0.137. The Hall–Kier alpha value is -3.27. The Morgan fingerprint density at radius 2 is 1.91 bits per heavy atom. The Bertz CT molecular complexity index is 1310. The second-order valence-corrected chi connectivity index (χ2v) is 9.09. The number of rotatable bonds is 3. The Kier molecular flexibility index (Phi) is 5.40. The largest absolute Gasteiger partial charge is 0.416 e. The van der Waals surface area contributed by atoms with E-state index in [0.717, 1.165) is 36.4 Å². The van der Waals surface area contributed by atoms with Crippen LogP contribution in [0.15, 0.2) is 48.7 Å².